The summed E-state index contributed by atoms with van der Waals surface area (Å²) >= 11 is 1.24. The maximum atomic E-state index is 11.2. The molecule has 1 amide bonds. The Morgan fingerprint density at radius 3 is 2.63 bits per heavy atom. The molecule has 7 heteroatoms. The fraction of sp³-hybridized carbons (Fsp3) is 0.583. The molecule has 2 rings (SSSR count). The van der Waals surface area contributed by atoms with E-state index in [0.717, 1.165) is 25.9 Å². The molecule has 0 spiro atoms. The first kappa shape index (κ1) is 14.0. The maximum Gasteiger partial charge on any atom is 0.355 e. The van der Waals surface area contributed by atoms with E-state index in [0.29, 0.717) is 16.6 Å². The summed E-state index contributed by atoms with van der Waals surface area (Å²) in [5, 5.41) is 12.1. The Morgan fingerprint density at radius 2 is 2.05 bits per heavy atom. The Balaban J connectivity index is 2.14. The highest BCUT2D eigenvalue weighted by molar-refractivity contribution is 7.16. The molecule has 0 unspecified atom stereocenters. The zero-order valence-corrected chi connectivity index (χ0v) is 11.6. The zero-order valence-electron chi connectivity index (χ0n) is 10.8. The van der Waals surface area contributed by atoms with E-state index in [-0.39, 0.29) is 11.6 Å². The van der Waals surface area contributed by atoms with Gasteiger partial charge < -0.3 is 10.4 Å². The number of carboxylic acids is 1. The second-order valence-corrected chi connectivity index (χ2v) is 5.70. The number of carbonyl (C=O) groups excluding carboxylic acids is 1. The van der Waals surface area contributed by atoms with Gasteiger partial charge in [-0.05, 0) is 25.9 Å². The molecular formula is C12H17N3O3S. The Bertz CT molecular complexity index is 481. The third-order valence-electron chi connectivity index (χ3n) is 3.00. The SMILES string of the molecule is CC(=O)Nc1nc(C(=O)O)c(CN2CCCCC2)s1. The number of hydrogen-bond donors (Lipinski definition) is 2. The van der Waals surface area contributed by atoms with E-state index in [1.54, 1.807) is 0 Å². The van der Waals surface area contributed by atoms with Crippen LogP contribution in [0.3, 0.4) is 0 Å². The number of aromatic nitrogens is 1. The molecule has 1 aliphatic rings. The summed E-state index contributed by atoms with van der Waals surface area (Å²) in [6.07, 6.45) is 3.54. The summed E-state index contributed by atoms with van der Waals surface area (Å²) in [5.74, 6) is -1.28. The molecule has 0 radical (unpaired) electrons. The molecule has 1 fully saturated rings. The summed E-state index contributed by atoms with van der Waals surface area (Å²) in [4.78, 5) is 29.1. The van der Waals surface area contributed by atoms with Gasteiger partial charge in [-0.1, -0.05) is 17.8 Å². The molecule has 19 heavy (non-hydrogen) atoms. The van der Waals surface area contributed by atoms with Crippen LogP contribution in [-0.2, 0) is 11.3 Å². The van der Waals surface area contributed by atoms with Crippen molar-refractivity contribution in [2.75, 3.05) is 18.4 Å². The minimum Gasteiger partial charge on any atom is -0.476 e. The molecule has 1 aromatic heterocycles. The summed E-state index contributed by atoms with van der Waals surface area (Å²) in [5.41, 5.74) is 0.0549. The number of amides is 1. The molecule has 0 aromatic carbocycles. The van der Waals surface area contributed by atoms with Crippen LogP contribution in [0.2, 0.25) is 0 Å². The van der Waals surface area contributed by atoms with Gasteiger partial charge in [0.2, 0.25) is 5.91 Å². The van der Waals surface area contributed by atoms with Gasteiger partial charge in [0.1, 0.15) is 0 Å². The van der Waals surface area contributed by atoms with Gasteiger partial charge in [-0.3, -0.25) is 9.69 Å². The summed E-state index contributed by atoms with van der Waals surface area (Å²) in [7, 11) is 0. The highest BCUT2D eigenvalue weighted by atomic mass is 32.1. The van der Waals surface area contributed by atoms with Gasteiger partial charge in [0, 0.05) is 13.5 Å². The molecule has 0 saturated carbocycles. The van der Waals surface area contributed by atoms with Gasteiger partial charge in [0.25, 0.3) is 0 Å². The van der Waals surface area contributed by atoms with E-state index in [4.69, 9.17) is 5.11 Å². The standard InChI is InChI=1S/C12H17N3O3S/c1-8(16)13-12-14-10(11(17)18)9(19-12)7-15-5-3-2-4-6-15/h2-7H2,1H3,(H,17,18)(H,13,14,16). The molecule has 0 bridgehead atoms. The number of thiazole rings is 1. The number of anilines is 1. The van der Waals surface area contributed by atoms with Gasteiger partial charge in [-0.2, -0.15) is 0 Å². The molecule has 0 aliphatic carbocycles. The van der Waals surface area contributed by atoms with Crippen molar-refractivity contribution < 1.29 is 14.7 Å². The van der Waals surface area contributed by atoms with Crippen molar-refractivity contribution in [1.82, 2.24) is 9.88 Å². The van der Waals surface area contributed by atoms with Crippen molar-refractivity contribution in [2.45, 2.75) is 32.7 Å². The van der Waals surface area contributed by atoms with Crippen molar-refractivity contribution in [1.29, 1.82) is 0 Å². The minimum absolute atomic E-state index is 0.0549. The summed E-state index contributed by atoms with van der Waals surface area (Å²) in [6.45, 7) is 3.96. The van der Waals surface area contributed by atoms with Gasteiger partial charge >= 0.3 is 5.97 Å². The quantitative estimate of drug-likeness (QED) is 0.880. The van der Waals surface area contributed by atoms with Crippen molar-refractivity contribution in [2.24, 2.45) is 0 Å². The number of rotatable bonds is 4. The van der Waals surface area contributed by atoms with Crippen LogP contribution in [0, 0.1) is 0 Å². The Labute approximate surface area is 115 Å². The first-order valence-corrected chi connectivity index (χ1v) is 7.11. The number of likely N-dealkylation sites (tertiary alicyclic amines) is 1. The zero-order chi connectivity index (χ0) is 13.8. The third kappa shape index (κ3) is 3.74. The predicted molar refractivity (Wildman–Crippen MR) is 72.5 cm³/mol. The highest BCUT2D eigenvalue weighted by Crippen LogP contribution is 2.25. The predicted octanol–water partition coefficient (Wildman–Crippen LogP) is 1.79. The largest absolute Gasteiger partial charge is 0.476 e. The number of aromatic carboxylic acids is 1. The van der Waals surface area contributed by atoms with Crippen LogP contribution >= 0.6 is 11.3 Å². The maximum absolute atomic E-state index is 11.2. The summed E-state index contributed by atoms with van der Waals surface area (Å²) < 4.78 is 0. The van der Waals surface area contributed by atoms with E-state index in [1.165, 1.54) is 24.7 Å². The Hall–Kier alpha value is -1.47. The van der Waals surface area contributed by atoms with E-state index in [2.05, 4.69) is 15.2 Å². The topological polar surface area (TPSA) is 82.5 Å². The van der Waals surface area contributed by atoms with Crippen molar-refractivity contribution >= 4 is 28.3 Å². The van der Waals surface area contributed by atoms with Crippen LogP contribution in [0.5, 0.6) is 0 Å². The number of carbonyl (C=O) groups is 2. The molecule has 6 nitrogen and oxygen atoms in total. The molecule has 2 N–H and O–H groups in total. The molecule has 2 heterocycles. The lowest BCUT2D eigenvalue weighted by atomic mass is 10.1. The first-order chi connectivity index (χ1) is 9.06. The number of hydrogen-bond acceptors (Lipinski definition) is 5. The highest BCUT2D eigenvalue weighted by Gasteiger charge is 2.21. The second-order valence-electron chi connectivity index (χ2n) is 4.61. The van der Waals surface area contributed by atoms with Gasteiger partial charge in [0.05, 0.1) is 4.88 Å². The van der Waals surface area contributed by atoms with E-state index in [1.807, 2.05) is 0 Å². The van der Waals surface area contributed by atoms with Crippen LogP contribution in [0.4, 0.5) is 5.13 Å². The lowest BCUT2D eigenvalue weighted by Gasteiger charge is -2.25. The normalized spacial score (nSPS) is 16.3. The minimum atomic E-state index is -1.04. The van der Waals surface area contributed by atoms with Gasteiger partial charge in [0.15, 0.2) is 10.8 Å². The first-order valence-electron chi connectivity index (χ1n) is 6.29. The monoisotopic (exact) mass is 283 g/mol. The van der Waals surface area contributed by atoms with Crippen LogP contribution < -0.4 is 5.32 Å². The lowest BCUT2D eigenvalue weighted by Crippen LogP contribution is -2.29. The Kier molecular flexibility index (Phi) is 4.49. The average Bonchev–Trinajstić information content (AvgIpc) is 2.72. The molecule has 1 saturated heterocycles. The number of carboxylic acid groups (broad SMARTS) is 1. The summed E-state index contributed by atoms with van der Waals surface area (Å²) in [6, 6.07) is 0. The van der Waals surface area contributed by atoms with Crippen LogP contribution in [0.1, 0.15) is 41.6 Å². The smallest absolute Gasteiger partial charge is 0.355 e. The molecule has 104 valence electrons. The Morgan fingerprint density at radius 1 is 1.37 bits per heavy atom. The fourth-order valence-electron chi connectivity index (χ4n) is 2.15. The number of nitrogens with zero attached hydrogens (tertiary/aromatic N) is 2. The van der Waals surface area contributed by atoms with E-state index >= 15 is 0 Å². The van der Waals surface area contributed by atoms with Crippen LogP contribution in [0.15, 0.2) is 0 Å². The van der Waals surface area contributed by atoms with Crippen molar-refractivity contribution in [3.8, 4) is 0 Å². The van der Waals surface area contributed by atoms with Crippen molar-refractivity contribution in [3.63, 3.8) is 0 Å². The molecule has 1 aromatic rings. The molecule has 0 atom stereocenters. The molecule has 1 aliphatic heterocycles. The lowest BCUT2D eigenvalue weighted by molar-refractivity contribution is -0.114. The van der Waals surface area contributed by atoms with Gasteiger partial charge in [-0.25, -0.2) is 9.78 Å². The molecular weight excluding hydrogens is 266 g/mol. The van der Waals surface area contributed by atoms with Crippen LogP contribution in [-0.4, -0.2) is 40.0 Å². The van der Waals surface area contributed by atoms with Gasteiger partial charge in [-0.15, -0.1) is 0 Å². The van der Waals surface area contributed by atoms with Crippen molar-refractivity contribution in [3.05, 3.63) is 10.6 Å². The third-order valence-corrected chi connectivity index (χ3v) is 3.95. The fourth-order valence-corrected chi connectivity index (χ4v) is 3.19. The average molecular weight is 283 g/mol. The number of piperidine rings is 1. The number of nitrogens with one attached hydrogen (secondary N) is 1. The van der Waals surface area contributed by atoms with Crippen LogP contribution in [0.25, 0.3) is 0 Å². The second kappa shape index (κ2) is 6.12. The van der Waals surface area contributed by atoms with E-state index < -0.39 is 5.97 Å². The van der Waals surface area contributed by atoms with E-state index in [9.17, 15) is 9.59 Å².